The van der Waals surface area contributed by atoms with Crippen molar-refractivity contribution in [3.63, 3.8) is 0 Å². The Morgan fingerprint density at radius 1 is 0.800 bits per heavy atom. The molecule has 4 aromatic rings. The zero-order valence-corrected chi connectivity index (χ0v) is 22.4. The van der Waals surface area contributed by atoms with E-state index in [1.807, 2.05) is 103 Å². The van der Waals surface area contributed by atoms with Gasteiger partial charge in [0.1, 0.15) is 11.8 Å². The highest BCUT2D eigenvalue weighted by Crippen LogP contribution is 2.32. The molecule has 5 rings (SSSR count). The topological polar surface area (TPSA) is 77.1 Å². The van der Waals surface area contributed by atoms with Gasteiger partial charge in [-0.25, -0.2) is 0 Å². The average Bonchev–Trinajstić information content (AvgIpc) is 3.47. The highest BCUT2D eigenvalue weighted by molar-refractivity contribution is 5.88. The molecule has 0 fully saturated rings. The van der Waals surface area contributed by atoms with Gasteiger partial charge in [0.15, 0.2) is 11.5 Å². The molecule has 4 aromatic carbocycles. The van der Waals surface area contributed by atoms with Crippen LogP contribution in [0.15, 0.2) is 103 Å². The summed E-state index contributed by atoms with van der Waals surface area (Å²) >= 11 is 0. The molecule has 204 valence electrons. The molecular formula is C33H32N2O5. The molecule has 0 aromatic heterocycles. The van der Waals surface area contributed by atoms with Crippen molar-refractivity contribution in [2.45, 2.75) is 32.0 Å². The molecule has 0 bridgehead atoms. The highest BCUT2D eigenvalue weighted by Gasteiger charge is 2.30. The van der Waals surface area contributed by atoms with Crippen LogP contribution < -0.4 is 19.5 Å². The Balaban J connectivity index is 1.42. The van der Waals surface area contributed by atoms with Crippen LogP contribution in [0.5, 0.6) is 17.2 Å². The number of benzene rings is 4. The Morgan fingerprint density at radius 2 is 1.45 bits per heavy atom. The maximum absolute atomic E-state index is 13.9. The zero-order valence-electron chi connectivity index (χ0n) is 22.4. The number of carbonyl (C=O) groups excluding carboxylic acids is 2. The first kappa shape index (κ1) is 26.8. The molecule has 0 unspecified atom stereocenters. The monoisotopic (exact) mass is 536 g/mol. The first-order chi connectivity index (χ1) is 19.6. The summed E-state index contributed by atoms with van der Waals surface area (Å²) < 4.78 is 16.2. The third kappa shape index (κ3) is 6.80. The summed E-state index contributed by atoms with van der Waals surface area (Å²) in [6.45, 7) is 0.767. The number of carbonyl (C=O) groups is 2. The lowest BCUT2D eigenvalue weighted by Gasteiger charge is -2.32. The second kappa shape index (κ2) is 12.8. The van der Waals surface area contributed by atoms with Crippen LogP contribution in [0.1, 0.15) is 22.3 Å². The predicted octanol–water partition coefficient (Wildman–Crippen LogP) is 4.92. The van der Waals surface area contributed by atoms with Gasteiger partial charge in [0.05, 0.1) is 13.5 Å². The zero-order chi connectivity index (χ0) is 27.7. The molecule has 0 spiro atoms. The van der Waals surface area contributed by atoms with Crippen LogP contribution in [0.25, 0.3) is 0 Å². The largest absolute Gasteiger partial charge is 0.497 e. The molecule has 0 radical (unpaired) electrons. The Kier molecular flexibility index (Phi) is 8.61. The number of fused-ring (bicyclic) bond motifs is 1. The summed E-state index contributed by atoms with van der Waals surface area (Å²) in [6, 6.07) is 31.8. The fourth-order valence-electron chi connectivity index (χ4n) is 4.71. The molecule has 1 atom stereocenters. The van der Waals surface area contributed by atoms with E-state index in [1.165, 1.54) is 0 Å². The lowest BCUT2D eigenvalue weighted by molar-refractivity contribution is -0.140. The van der Waals surface area contributed by atoms with Gasteiger partial charge in [-0.15, -0.1) is 0 Å². The van der Waals surface area contributed by atoms with E-state index >= 15 is 0 Å². The van der Waals surface area contributed by atoms with Crippen molar-refractivity contribution in [2.75, 3.05) is 13.9 Å². The fraction of sp³-hybridized carbons (Fsp3) is 0.212. The van der Waals surface area contributed by atoms with E-state index < -0.39 is 6.04 Å². The number of rotatable bonds is 11. The second-order valence-electron chi connectivity index (χ2n) is 9.64. The molecule has 1 N–H and O–H groups in total. The van der Waals surface area contributed by atoms with Crippen LogP contribution in [0.3, 0.4) is 0 Å². The quantitative estimate of drug-likeness (QED) is 0.294. The van der Waals surface area contributed by atoms with Gasteiger partial charge in [0.2, 0.25) is 18.6 Å². The summed E-state index contributed by atoms with van der Waals surface area (Å²) in [7, 11) is 1.62. The third-order valence-electron chi connectivity index (χ3n) is 6.88. The van der Waals surface area contributed by atoms with Crippen LogP contribution in [0, 0.1) is 0 Å². The van der Waals surface area contributed by atoms with Crippen LogP contribution in [-0.2, 0) is 35.5 Å². The molecule has 1 heterocycles. The molecule has 1 aliphatic heterocycles. The van der Waals surface area contributed by atoms with Crippen molar-refractivity contribution in [1.29, 1.82) is 0 Å². The van der Waals surface area contributed by atoms with Crippen molar-refractivity contribution in [2.24, 2.45) is 0 Å². The van der Waals surface area contributed by atoms with Gasteiger partial charge in [0.25, 0.3) is 0 Å². The molecular weight excluding hydrogens is 504 g/mol. The van der Waals surface area contributed by atoms with Gasteiger partial charge in [-0.1, -0.05) is 78.9 Å². The first-order valence-corrected chi connectivity index (χ1v) is 13.3. The van der Waals surface area contributed by atoms with Gasteiger partial charge >= 0.3 is 0 Å². The molecule has 40 heavy (non-hydrogen) atoms. The van der Waals surface area contributed by atoms with Crippen LogP contribution in [0.4, 0.5) is 0 Å². The maximum Gasteiger partial charge on any atom is 0.243 e. The standard InChI is InChI=1S/C33H32N2O5/c1-38-28-15-12-26(13-16-28)22-35(32(36)20-25-10-6-3-7-11-25)29(18-24-8-4-2-5-9-24)33(37)34-21-27-14-17-30-31(19-27)40-23-39-30/h2-17,19,29H,18,20-23H2,1H3,(H,34,37)/t29-/m0/s1. The van der Waals surface area contributed by atoms with Gasteiger partial charge in [-0.3, -0.25) is 9.59 Å². The van der Waals surface area contributed by atoms with Crippen molar-refractivity contribution in [3.05, 3.63) is 125 Å². The number of hydrogen-bond acceptors (Lipinski definition) is 5. The lowest BCUT2D eigenvalue weighted by Crippen LogP contribution is -2.50. The highest BCUT2D eigenvalue weighted by atomic mass is 16.7. The van der Waals surface area contributed by atoms with Crippen LogP contribution >= 0.6 is 0 Å². The van der Waals surface area contributed by atoms with Gasteiger partial charge < -0.3 is 24.4 Å². The molecule has 1 aliphatic rings. The van der Waals surface area contributed by atoms with Gasteiger partial charge in [-0.2, -0.15) is 0 Å². The van der Waals surface area contributed by atoms with Crippen LogP contribution in [-0.4, -0.2) is 36.7 Å². The fourth-order valence-corrected chi connectivity index (χ4v) is 4.71. The molecule has 7 heteroatoms. The minimum atomic E-state index is -0.727. The normalized spacial score (nSPS) is 12.4. The number of nitrogens with one attached hydrogen (secondary N) is 1. The van der Waals surface area contributed by atoms with Crippen molar-refractivity contribution < 1.29 is 23.8 Å². The predicted molar refractivity (Wildman–Crippen MR) is 152 cm³/mol. The maximum atomic E-state index is 13.9. The van der Waals surface area contributed by atoms with Crippen molar-refractivity contribution in [3.8, 4) is 17.2 Å². The van der Waals surface area contributed by atoms with E-state index in [9.17, 15) is 9.59 Å². The number of nitrogens with zero attached hydrogens (tertiary/aromatic N) is 1. The van der Waals surface area contributed by atoms with Crippen LogP contribution in [0.2, 0.25) is 0 Å². The number of ether oxygens (including phenoxy) is 3. The number of hydrogen-bond donors (Lipinski definition) is 1. The Hall–Kier alpha value is -4.78. The second-order valence-corrected chi connectivity index (χ2v) is 9.64. The first-order valence-electron chi connectivity index (χ1n) is 13.3. The SMILES string of the molecule is COc1ccc(CN(C(=O)Cc2ccccc2)[C@@H](Cc2ccccc2)C(=O)NCc2ccc3c(c2)OCO3)cc1. The third-order valence-corrected chi connectivity index (χ3v) is 6.88. The number of methoxy groups -OCH3 is 1. The minimum absolute atomic E-state index is 0.124. The van der Waals surface area contributed by atoms with Gasteiger partial charge in [0, 0.05) is 19.5 Å². The van der Waals surface area contributed by atoms with Gasteiger partial charge in [-0.05, 0) is 46.5 Å². The minimum Gasteiger partial charge on any atom is -0.497 e. The van der Waals surface area contributed by atoms with Crippen molar-refractivity contribution >= 4 is 11.8 Å². The lowest BCUT2D eigenvalue weighted by atomic mass is 10.0. The Morgan fingerprint density at radius 3 is 2.15 bits per heavy atom. The molecule has 2 amide bonds. The van der Waals surface area contributed by atoms with E-state index in [1.54, 1.807) is 12.0 Å². The summed E-state index contributed by atoms with van der Waals surface area (Å²) in [5.74, 6) is 1.73. The smallest absolute Gasteiger partial charge is 0.243 e. The summed E-state index contributed by atoms with van der Waals surface area (Å²) in [5.41, 5.74) is 3.65. The Bertz CT molecular complexity index is 1420. The number of amides is 2. The van der Waals surface area contributed by atoms with E-state index in [0.29, 0.717) is 24.5 Å². The average molecular weight is 537 g/mol. The molecule has 0 aliphatic carbocycles. The van der Waals surface area contributed by atoms with Crippen molar-refractivity contribution in [1.82, 2.24) is 10.2 Å². The molecule has 0 saturated carbocycles. The van der Waals surface area contributed by atoms with E-state index in [0.717, 1.165) is 28.0 Å². The van der Waals surface area contributed by atoms with E-state index in [2.05, 4.69) is 5.32 Å². The Labute approximate surface area is 234 Å². The summed E-state index contributed by atoms with van der Waals surface area (Å²) in [5, 5.41) is 3.06. The van der Waals surface area contributed by atoms with E-state index in [4.69, 9.17) is 14.2 Å². The molecule has 7 nitrogen and oxygen atoms in total. The van der Waals surface area contributed by atoms with E-state index in [-0.39, 0.29) is 31.6 Å². The molecule has 0 saturated heterocycles. The summed E-state index contributed by atoms with van der Waals surface area (Å²) in [4.78, 5) is 29.4. The summed E-state index contributed by atoms with van der Waals surface area (Å²) in [6.07, 6.45) is 0.572.